The molecule has 1 amide bonds. The van der Waals surface area contributed by atoms with Crippen LogP contribution >= 0.6 is 0 Å². The van der Waals surface area contributed by atoms with Crippen LogP contribution in [-0.4, -0.2) is 19.1 Å². The maximum Gasteiger partial charge on any atom is 0.482 e. The molecular weight excluding hydrogens is 375 g/mol. The molecular formula is C15H6F7NO3. The summed E-state index contributed by atoms with van der Waals surface area (Å²) in [5, 5.41) is 1.66. The van der Waals surface area contributed by atoms with Crippen molar-refractivity contribution in [1.82, 2.24) is 0 Å². The van der Waals surface area contributed by atoms with Crippen molar-refractivity contribution in [1.29, 1.82) is 0 Å². The van der Waals surface area contributed by atoms with Crippen molar-refractivity contribution >= 4 is 11.6 Å². The van der Waals surface area contributed by atoms with Crippen molar-refractivity contribution < 1.29 is 45.0 Å². The Balaban J connectivity index is 2.26. The summed E-state index contributed by atoms with van der Waals surface area (Å²) < 4.78 is 104. The van der Waals surface area contributed by atoms with Crippen LogP contribution in [0.5, 0.6) is 11.5 Å². The molecule has 26 heavy (non-hydrogen) atoms. The average molecular weight is 381 g/mol. The fraction of sp³-hybridized carbons (Fsp3) is 0.133. The van der Waals surface area contributed by atoms with Crippen molar-refractivity contribution in [2.24, 2.45) is 0 Å². The van der Waals surface area contributed by atoms with E-state index in [1.54, 1.807) is 5.32 Å². The van der Waals surface area contributed by atoms with Crippen LogP contribution in [0, 0.1) is 29.1 Å². The highest BCUT2D eigenvalue weighted by atomic mass is 19.3. The molecule has 1 heterocycles. The van der Waals surface area contributed by atoms with Gasteiger partial charge in [0.05, 0.1) is 18.4 Å². The predicted molar refractivity (Wildman–Crippen MR) is 72.4 cm³/mol. The number of nitrogens with one attached hydrogen (secondary N) is 1. The van der Waals surface area contributed by atoms with Gasteiger partial charge in [-0.25, -0.2) is 17.6 Å². The van der Waals surface area contributed by atoms with E-state index in [4.69, 9.17) is 0 Å². The van der Waals surface area contributed by atoms with Gasteiger partial charge >= 0.3 is 12.0 Å². The van der Waals surface area contributed by atoms with Crippen molar-refractivity contribution in [2.45, 2.75) is 6.11 Å². The van der Waals surface area contributed by atoms with Crippen LogP contribution in [0.4, 0.5) is 36.4 Å². The van der Waals surface area contributed by atoms with Crippen LogP contribution < -0.4 is 14.8 Å². The molecule has 1 aliphatic heterocycles. The number of ether oxygens (including phenoxy) is 2. The number of methoxy groups -OCH3 is 1. The molecule has 3 rings (SSSR count). The Morgan fingerprint density at radius 3 is 2.27 bits per heavy atom. The molecule has 0 unspecified atom stereocenters. The number of carbonyl (C=O) groups is 1. The summed E-state index contributed by atoms with van der Waals surface area (Å²) in [6.07, 6.45) is -4.29. The Bertz CT molecular complexity index is 946. The van der Waals surface area contributed by atoms with Crippen molar-refractivity contribution in [2.75, 3.05) is 12.4 Å². The summed E-state index contributed by atoms with van der Waals surface area (Å²) in [6.45, 7) is 0. The van der Waals surface area contributed by atoms with E-state index in [2.05, 4.69) is 9.47 Å². The smallest absolute Gasteiger partial charge is 0.482 e. The summed E-state index contributed by atoms with van der Waals surface area (Å²) in [5.74, 6) is -13.5. The molecule has 0 aromatic heterocycles. The topological polar surface area (TPSA) is 47.6 Å². The molecule has 4 nitrogen and oxygen atoms in total. The number of carbonyl (C=O) groups excluding carboxylic acids is 1. The van der Waals surface area contributed by atoms with Crippen LogP contribution in [0.2, 0.25) is 0 Å². The summed E-state index contributed by atoms with van der Waals surface area (Å²) in [5.41, 5.74) is -2.89. The molecule has 0 aliphatic carbocycles. The second kappa shape index (κ2) is 5.78. The van der Waals surface area contributed by atoms with Gasteiger partial charge in [-0.05, 0) is 6.07 Å². The van der Waals surface area contributed by atoms with E-state index in [0.29, 0.717) is 12.1 Å². The Labute approximate surface area is 140 Å². The van der Waals surface area contributed by atoms with Gasteiger partial charge in [0.15, 0.2) is 29.0 Å². The number of hydrogen-bond donors (Lipinski definition) is 1. The minimum absolute atomic E-state index is 0.310. The molecule has 0 atom stereocenters. The molecule has 1 aliphatic rings. The molecule has 0 radical (unpaired) electrons. The Hall–Kier alpha value is -2.98. The van der Waals surface area contributed by atoms with Gasteiger partial charge < -0.3 is 14.8 Å². The van der Waals surface area contributed by atoms with Crippen molar-refractivity contribution in [3.63, 3.8) is 0 Å². The molecule has 138 valence electrons. The maximum absolute atomic E-state index is 14.3. The highest BCUT2D eigenvalue weighted by molar-refractivity contribution is 5.99. The minimum atomic E-state index is -4.29. The van der Waals surface area contributed by atoms with Gasteiger partial charge in [0.25, 0.3) is 0 Å². The van der Waals surface area contributed by atoms with E-state index in [9.17, 15) is 35.5 Å². The molecule has 0 fully saturated rings. The van der Waals surface area contributed by atoms with E-state index in [0.717, 1.165) is 7.11 Å². The van der Waals surface area contributed by atoms with Crippen LogP contribution in [-0.2, 0) is 4.79 Å². The second-order valence-electron chi connectivity index (χ2n) is 5.07. The number of rotatable bonds is 2. The SMILES string of the molecule is COc1c(F)c(F)c(F)c(-c2cc3c(cc2F)OC(F)(F)C(=O)N3)c1F. The monoisotopic (exact) mass is 381 g/mol. The zero-order chi connectivity index (χ0) is 19.4. The molecule has 1 N–H and O–H groups in total. The zero-order valence-electron chi connectivity index (χ0n) is 12.5. The van der Waals surface area contributed by atoms with Gasteiger partial charge in [-0.3, -0.25) is 4.79 Å². The van der Waals surface area contributed by atoms with Gasteiger partial charge in [-0.15, -0.1) is 0 Å². The fourth-order valence-corrected chi connectivity index (χ4v) is 2.34. The van der Waals surface area contributed by atoms with E-state index in [-0.39, 0.29) is 0 Å². The molecule has 2 aromatic rings. The van der Waals surface area contributed by atoms with Crippen LogP contribution in [0.1, 0.15) is 0 Å². The number of hydrogen-bond acceptors (Lipinski definition) is 3. The van der Waals surface area contributed by atoms with Gasteiger partial charge in [-0.2, -0.15) is 13.2 Å². The van der Waals surface area contributed by atoms with E-state index in [1.807, 2.05) is 0 Å². The van der Waals surface area contributed by atoms with Crippen molar-refractivity contribution in [3.8, 4) is 22.6 Å². The maximum atomic E-state index is 14.3. The highest BCUT2D eigenvalue weighted by Gasteiger charge is 2.46. The summed E-state index contributed by atoms with van der Waals surface area (Å²) in [6, 6.07) is 0.848. The third kappa shape index (κ3) is 2.50. The fourth-order valence-electron chi connectivity index (χ4n) is 2.34. The van der Waals surface area contributed by atoms with E-state index >= 15 is 0 Å². The number of benzene rings is 2. The first-order valence-electron chi connectivity index (χ1n) is 6.70. The van der Waals surface area contributed by atoms with E-state index in [1.165, 1.54) is 0 Å². The predicted octanol–water partition coefficient (Wildman–Crippen LogP) is 3.98. The summed E-state index contributed by atoms with van der Waals surface area (Å²) in [7, 11) is 0.766. The lowest BCUT2D eigenvalue weighted by Crippen LogP contribution is -2.43. The average Bonchev–Trinajstić information content (AvgIpc) is 2.55. The Morgan fingerprint density at radius 1 is 1.00 bits per heavy atom. The minimum Gasteiger partial charge on any atom is -0.491 e. The summed E-state index contributed by atoms with van der Waals surface area (Å²) in [4.78, 5) is 11.2. The number of amides is 1. The lowest BCUT2D eigenvalue weighted by Gasteiger charge is -2.25. The molecule has 0 bridgehead atoms. The van der Waals surface area contributed by atoms with E-state index < -0.39 is 69.4 Å². The quantitative estimate of drug-likeness (QED) is 0.486. The normalized spacial score (nSPS) is 15.2. The first-order chi connectivity index (χ1) is 12.1. The Kier molecular flexibility index (Phi) is 3.97. The lowest BCUT2D eigenvalue weighted by atomic mass is 10.0. The standard InChI is InChI=1S/C15H6F7NO3/c1-25-13-10(18)8(9(17)11(19)12(13)20)4-2-6-7(3-5(4)16)26-15(21,22)14(24)23-6/h2-3H,1H3,(H,23,24). The molecule has 2 aromatic carbocycles. The third-order valence-electron chi connectivity index (χ3n) is 3.52. The molecule has 11 heteroatoms. The highest BCUT2D eigenvalue weighted by Crippen LogP contribution is 2.43. The van der Waals surface area contributed by atoms with Gasteiger partial charge in [0, 0.05) is 11.6 Å². The third-order valence-corrected chi connectivity index (χ3v) is 3.52. The van der Waals surface area contributed by atoms with Gasteiger partial charge in [-0.1, -0.05) is 0 Å². The summed E-state index contributed by atoms with van der Waals surface area (Å²) >= 11 is 0. The first kappa shape index (κ1) is 17.8. The number of anilines is 1. The van der Waals surface area contributed by atoms with Crippen LogP contribution in [0.3, 0.4) is 0 Å². The van der Waals surface area contributed by atoms with Gasteiger partial charge in [0.2, 0.25) is 5.82 Å². The molecule has 0 saturated carbocycles. The van der Waals surface area contributed by atoms with Crippen LogP contribution in [0.25, 0.3) is 11.1 Å². The molecule has 0 spiro atoms. The van der Waals surface area contributed by atoms with Gasteiger partial charge in [0.1, 0.15) is 5.82 Å². The Morgan fingerprint density at radius 2 is 1.65 bits per heavy atom. The lowest BCUT2D eigenvalue weighted by molar-refractivity contribution is -0.189. The first-order valence-corrected chi connectivity index (χ1v) is 6.70. The zero-order valence-corrected chi connectivity index (χ0v) is 12.5. The molecule has 0 saturated heterocycles. The van der Waals surface area contributed by atoms with Crippen molar-refractivity contribution in [3.05, 3.63) is 41.2 Å². The number of alkyl halides is 2. The van der Waals surface area contributed by atoms with Crippen LogP contribution in [0.15, 0.2) is 12.1 Å². The largest absolute Gasteiger partial charge is 0.491 e. The number of halogens is 7. The second-order valence-corrected chi connectivity index (χ2v) is 5.07. The number of fused-ring (bicyclic) bond motifs is 1.